The highest BCUT2D eigenvalue weighted by atomic mass is 14.1. The molecule has 0 N–H and O–H groups in total. The minimum Gasteiger partial charge on any atom is -0.0663 e. The largest absolute Gasteiger partial charge is 0.0663 e. The molecule has 0 saturated heterocycles. The molecule has 1 aromatic rings. The van der Waals surface area contributed by atoms with Gasteiger partial charge in [-0.15, -0.1) is 0 Å². The zero-order chi connectivity index (χ0) is 13.3. The summed E-state index contributed by atoms with van der Waals surface area (Å²) in [5.74, 6) is 0. The van der Waals surface area contributed by atoms with Gasteiger partial charge in [0.25, 0.3) is 0 Å². The van der Waals surface area contributed by atoms with Gasteiger partial charge in [-0.3, -0.25) is 0 Å². The van der Waals surface area contributed by atoms with Crippen LogP contribution in [0.2, 0.25) is 0 Å². The van der Waals surface area contributed by atoms with Crippen molar-refractivity contribution in [2.24, 2.45) is 0 Å². The molecule has 0 aliphatic heterocycles. The molecule has 0 saturated carbocycles. The van der Waals surface area contributed by atoms with E-state index in [2.05, 4.69) is 65.0 Å². The fourth-order valence-electron chi connectivity index (χ4n) is 2.56. The second-order valence-electron chi connectivity index (χ2n) is 5.49. The molecule has 2 rings (SSSR count). The fourth-order valence-corrected chi connectivity index (χ4v) is 2.56. The predicted octanol–water partition coefficient (Wildman–Crippen LogP) is 5.37. The van der Waals surface area contributed by atoms with Gasteiger partial charge in [0.05, 0.1) is 0 Å². The smallest absolute Gasteiger partial charge is 0.00990 e. The summed E-state index contributed by atoms with van der Waals surface area (Å²) in [5.41, 5.74) is 9.80. The SMILES string of the molecule is CC1=C(C)CC(C)=C(c2ccc(C)cc2C)C=C1. The molecule has 0 unspecified atom stereocenters. The maximum absolute atomic E-state index is 2.28. The predicted molar refractivity (Wildman–Crippen MR) is 80.6 cm³/mol. The average Bonchev–Trinajstić information content (AvgIpc) is 2.41. The minimum absolute atomic E-state index is 1.08. The van der Waals surface area contributed by atoms with Gasteiger partial charge < -0.3 is 0 Å². The van der Waals surface area contributed by atoms with Gasteiger partial charge in [0, 0.05) is 0 Å². The normalized spacial score (nSPS) is 16.3. The third-order valence-electron chi connectivity index (χ3n) is 3.84. The van der Waals surface area contributed by atoms with Crippen LogP contribution in [0, 0.1) is 13.8 Å². The summed E-state index contributed by atoms with van der Waals surface area (Å²) < 4.78 is 0. The Bertz CT molecular complexity index is 566. The monoisotopic (exact) mass is 238 g/mol. The van der Waals surface area contributed by atoms with E-state index in [-0.39, 0.29) is 0 Å². The highest BCUT2D eigenvalue weighted by Crippen LogP contribution is 2.31. The van der Waals surface area contributed by atoms with E-state index in [0.29, 0.717) is 0 Å². The molecule has 18 heavy (non-hydrogen) atoms. The van der Waals surface area contributed by atoms with Crippen molar-refractivity contribution in [3.8, 4) is 0 Å². The Morgan fingerprint density at radius 3 is 2.22 bits per heavy atom. The van der Waals surface area contributed by atoms with Crippen LogP contribution in [0.1, 0.15) is 43.9 Å². The summed E-state index contributed by atoms with van der Waals surface area (Å²) in [6.45, 7) is 11.0. The fraction of sp³-hybridized carbons (Fsp3) is 0.333. The summed E-state index contributed by atoms with van der Waals surface area (Å²) in [6, 6.07) is 6.72. The Kier molecular flexibility index (Phi) is 3.56. The molecule has 0 heterocycles. The van der Waals surface area contributed by atoms with Gasteiger partial charge in [-0.05, 0) is 57.7 Å². The van der Waals surface area contributed by atoms with Crippen molar-refractivity contribution >= 4 is 5.57 Å². The van der Waals surface area contributed by atoms with E-state index >= 15 is 0 Å². The maximum atomic E-state index is 2.28. The molecule has 1 aliphatic carbocycles. The van der Waals surface area contributed by atoms with Crippen molar-refractivity contribution in [3.63, 3.8) is 0 Å². The van der Waals surface area contributed by atoms with Crippen molar-refractivity contribution in [2.75, 3.05) is 0 Å². The van der Waals surface area contributed by atoms with E-state index in [1.165, 1.54) is 39.0 Å². The minimum atomic E-state index is 1.08. The van der Waals surface area contributed by atoms with Crippen molar-refractivity contribution < 1.29 is 0 Å². The molecule has 0 fully saturated rings. The lowest BCUT2D eigenvalue weighted by atomic mass is 9.93. The second-order valence-corrected chi connectivity index (χ2v) is 5.49. The Hall–Kier alpha value is -1.56. The molecule has 0 atom stereocenters. The highest BCUT2D eigenvalue weighted by molar-refractivity contribution is 5.79. The third kappa shape index (κ3) is 2.48. The summed E-state index contributed by atoms with van der Waals surface area (Å²) in [7, 11) is 0. The Labute approximate surface area is 111 Å². The molecule has 0 aromatic heterocycles. The van der Waals surface area contributed by atoms with Crippen LogP contribution in [-0.4, -0.2) is 0 Å². The van der Waals surface area contributed by atoms with Crippen LogP contribution in [-0.2, 0) is 0 Å². The molecule has 1 aliphatic rings. The van der Waals surface area contributed by atoms with Gasteiger partial charge in [-0.25, -0.2) is 0 Å². The van der Waals surface area contributed by atoms with Gasteiger partial charge in [0.2, 0.25) is 0 Å². The maximum Gasteiger partial charge on any atom is -0.00990 e. The number of hydrogen-bond acceptors (Lipinski definition) is 0. The Morgan fingerprint density at radius 1 is 0.833 bits per heavy atom. The summed E-state index contributed by atoms with van der Waals surface area (Å²) in [4.78, 5) is 0. The number of hydrogen-bond donors (Lipinski definition) is 0. The molecule has 0 radical (unpaired) electrons. The quantitative estimate of drug-likeness (QED) is 0.616. The van der Waals surface area contributed by atoms with Crippen LogP contribution in [0.3, 0.4) is 0 Å². The van der Waals surface area contributed by atoms with Crippen LogP contribution in [0.4, 0.5) is 0 Å². The molecule has 94 valence electrons. The molecule has 0 amide bonds. The van der Waals surface area contributed by atoms with Gasteiger partial charge in [-0.1, -0.05) is 52.6 Å². The van der Waals surface area contributed by atoms with Crippen molar-refractivity contribution in [1.82, 2.24) is 0 Å². The number of benzene rings is 1. The first-order chi connectivity index (χ1) is 8.49. The van der Waals surface area contributed by atoms with E-state index in [1.807, 2.05) is 0 Å². The lowest BCUT2D eigenvalue weighted by Crippen LogP contribution is -1.91. The molecular formula is C18H22. The third-order valence-corrected chi connectivity index (χ3v) is 3.84. The van der Waals surface area contributed by atoms with Gasteiger partial charge in [-0.2, -0.15) is 0 Å². The van der Waals surface area contributed by atoms with E-state index in [0.717, 1.165) is 6.42 Å². The number of allylic oxidation sites excluding steroid dienone is 6. The lowest BCUT2D eigenvalue weighted by Gasteiger charge is -2.11. The lowest BCUT2D eigenvalue weighted by molar-refractivity contribution is 1.09. The molecular weight excluding hydrogens is 216 g/mol. The van der Waals surface area contributed by atoms with Crippen molar-refractivity contribution in [2.45, 2.75) is 41.0 Å². The van der Waals surface area contributed by atoms with Gasteiger partial charge in [0.1, 0.15) is 0 Å². The topological polar surface area (TPSA) is 0 Å². The first-order valence-electron chi connectivity index (χ1n) is 6.61. The van der Waals surface area contributed by atoms with E-state index < -0.39 is 0 Å². The summed E-state index contributed by atoms with van der Waals surface area (Å²) in [5, 5.41) is 0. The first-order valence-corrected chi connectivity index (χ1v) is 6.61. The van der Waals surface area contributed by atoms with Gasteiger partial charge >= 0.3 is 0 Å². The molecule has 0 nitrogen and oxygen atoms in total. The Morgan fingerprint density at radius 2 is 1.56 bits per heavy atom. The van der Waals surface area contributed by atoms with Crippen LogP contribution < -0.4 is 0 Å². The van der Waals surface area contributed by atoms with Crippen LogP contribution in [0.15, 0.2) is 47.1 Å². The second kappa shape index (κ2) is 4.97. The standard InChI is InChI=1S/C18H22/c1-12-6-8-17(15(4)10-12)18-9-7-13(2)14(3)11-16(18)5/h6-10H,11H2,1-5H3. The number of rotatable bonds is 1. The highest BCUT2D eigenvalue weighted by Gasteiger charge is 2.10. The van der Waals surface area contributed by atoms with Crippen molar-refractivity contribution in [1.29, 1.82) is 0 Å². The van der Waals surface area contributed by atoms with E-state index in [1.54, 1.807) is 0 Å². The van der Waals surface area contributed by atoms with E-state index in [9.17, 15) is 0 Å². The van der Waals surface area contributed by atoms with E-state index in [4.69, 9.17) is 0 Å². The van der Waals surface area contributed by atoms with Crippen molar-refractivity contribution in [3.05, 3.63) is 63.8 Å². The van der Waals surface area contributed by atoms with Crippen LogP contribution in [0.5, 0.6) is 0 Å². The van der Waals surface area contributed by atoms with Crippen LogP contribution in [0.25, 0.3) is 5.57 Å². The zero-order valence-corrected chi connectivity index (χ0v) is 12.1. The molecule has 0 spiro atoms. The average molecular weight is 238 g/mol. The molecule has 1 aromatic carbocycles. The van der Waals surface area contributed by atoms with Gasteiger partial charge in [0.15, 0.2) is 0 Å². The number of aryl methyl sites for hydroxylation is 2. The first kappa shape index (κ1) is 12.9. The molecule has 0 heteroatoms. The summed E-state index contributed by atoms with van der Waals surface area (Å²) >= 11 is 0. The Balaban J connectivity index is 2.51. The molecule has 0 bridgehead atoms. The zero-order valence-electron chi connectivity index (χ0n) is 12.1. The van der Waals surface area contributed by atoms with Crippen LogP contribution >= 0.6 is 0 Å². The summed E-state index contributed by atoms with van der Waals surface area (Å²) in [6.07, 6.45) is 5.61.